The SMILES string of the molecule is CCc1nc2c(C)cc(C)nc2n1Cc1ccc(-c2cc(-c3ccccc3)ccc2-c2nc(=S)o[nH]2)cc1. The summed E-state index contributed by atoms with van der Waals surface area (Å²) in [6.07, 6.45) is 0.849. The molecule has 6 aromatic rings. The van der Waals surface area contributed by atoms with Crippen molar-refractivity contribution < 1.29 is 4.52 Å². The van der Waals surface area contributed by atoms with E-state index in [-0.39, 0.29) is 4.84 Å². The zero-order valence-corrected chi connectivity index (χ0v) is 22.3. The van der Waals surface area contributed by atoms with Crippen molar-refractivity contribution in [2.45, 2.75) is 33.7 Å². The Balaban J connectivity index is 1.41. The van der Waals surface area contributed by atoms with Crippen molar-refractivity contribution in [2.24, 2.45) is 0 Å². The van der Waals surface area contributed by atoms with E-state index in [0.717, 1.165) is 62.5 Å². The fourth-order valence-corrected chi connectivity index (χ4v) is 5.13. The van der Waals surface area contributed by atoms with Crippen molar-refractivity contribution in [3.63, 3.8) is 0 Å². The van der Waals surface area contributed by atoms with Gasteiger partial charge < -0.3 is 9.09 Å². The molecule has 1 N–H and O–H groups in total. The molecule has 7 heteroatoms. The third kappa shape index (κ3) is 4.46. The summed E-state index contributed by atoms with van der Waals surface area (Å²) < 4.78 is 7.48. The Kier molecular flexibility index (Phi) is 6.21. The highest BCUT2D eigenvalue weighted by Gasteiger charge is 2.15. The van der Waals surface area contributed by atoms with E-state index in [9.17, 15) is 0 Å². The molecule has 0 atom stereocenters. The van der Waals surface area contributed by atoms with Crippen LogP contribution in [0.2, 0.25) is 0 Å². The van der Waals surface area contributed by atoms with E-state index < -0.39 is 0 Å². The maximum atomic E-state index is 5.24. The van der Waals surface area contributed by atoms with Crippen molar-refractivity contribution in [3.8, 4) is 33.6 Å². The standard InChI is InChI=1S/C31H27N5OS/c1-4-27-33-28-19(2)16-20(3)32-30(28)36(27)18-21-10-12-23(13-11-21)26-17-24(22-8-6-5-7-9-22)14-15-25(26)29-34-31(38)37-35-29/h5-17H,4,18H2,1-3H3,(H,34,35,38). The molecule has 3 aromatic carbocycles. The molecule has 3 heterocycles. The van der Waals surface area contributed by atoms with Gasteiger partial charge in [0.25, 0.3) is 0 Å². The summed E-state index contributed by atoms with van der Waals surface area (Å²) in [5.41, 5.74) is 10.6. The first kappa shape index (κ1) is 24.0. The van der Waals surface area contributed by atoms with Crippen LogP contribution in [0.3, 0.4) is 0 Å². The summed E-state index contributed by atoms with van der Waals surface area (Å²) >= 11 is 5.12. The number of rotatable bonds is 6. The molecule has 38 heavy (non-hydrogen) atoms. The van der Waals surface area contributed by atoms with Crippen LogP contribution in [0, 0.1) is 18.7 Å². The number of benzene rings is 3. The quantitative estimate of drug-likeness (QED) is 0.229. The van der Waals surface area contributed by atoms with E-state index >= 15 is 0 Å². The van der Waals surface area contributed by atoms with E-state index in [2.05, 4.69) is 101 Å². The number of aromatic nitrogens is 5. The fraction of sp³-hybridized carbons (Fsp3) is 0.161. The van der Waals surface area contributed by atoms with Gasteiger partial charge in [-0.05, 0) is 77.6 Å². The largest absolute Gasteiger partial charge is 0.348 e. The van der Waals surface area contributed by atoms with E-state index in [0.29, 0.717) is 12.4 Å². The topological polar surface area (TPSA) is 72.5 Å². The van der Waals surface area contributed by atoms with Gasteiger partial charge >= 0.3 is 4.84 Å². The molecule has 0 aliphatic heterocycles. The normalized spacial score (nSPS) is 11.3. The van der Waals surface area contributed by atoms with Crippen LogP contribution in [0.15, 0.2) is 83.4 Å². The summed E-state index contributed by atoms with van der Waals surface area (Å²) in [6, 6.07) is 27.5. The highest BCUT2D eigenvalue weighted by Crippen LogP contribution is 2.35. The van der Waals surface area contributed by atoms with Crippen LogP contribution in [0.25, 0.3) is 44.8 Å². The first-order chi connectivity index (χ1) is 18.5. The first-order valence-electron chi connectivity index (χ1n) is 12.7. The van der Waals surface area contributed by atoms with Crippen LogP contribution in [0.1, 0.15) is 29.6 Å². The summed E-state index contributed by atoms with van der Waals surface area (Å²) in [7, 11) is 0. The van der Waals surface area contributed by atoms with Gasteiger partial charge in [-0.3, -0.25) is 0 Å². The number of nitrogens with zero attached hydrogens (tertiary/aromatic N) is 4. The number of H-pyrrole nitrogens is 1. The number of aryl methyl sites for hydroxylation is 3. The molecule has 0 bridgehead atoms. The van der Waals surface area contributed by atoms with Crippen LogP contribution in [0.5, 0.6) is 0 Å². The third-order valence-electron chi connectivity index (χ3n) is 6.84. The van der Waals surface area contributed by atoms with Gasteiger partial charge in [0.15, 0.2) is 11.5 Å². The minimum absolute atomic E-state index is 0.187. The van der Waals surface area contributed by atoms with Gasteiger partial charge in [0.05, 0.1) is 6.54 Å². The van der Waals surface area contributed by atoms with E-state index in [4.69, 9.17) is 26.7 Å². The molecule has 0 fully saturated rings. The van der Waals surface area contributed by atoms with E-state index in [1.165, 1.54) is 5.56 Å². The number of fused-ring (bicyclic) bond motifs is 1. The van der Waals surface area contributed by atoms with Crippen molar-refractivity contribution in [3.05, 3.63) is 106 Å². The lowest BCUT2D eigenvalue weighted by atomic mass is 9.93. The van der Waals surface area contributed by atoms with Gasteiger partial charge in [-0.2, -0.15) is 4.98 Å². The maximum Gasteiger partial charge on any atom is 0.314 e. The molecule has 0 radical (unpaired) electrons. The second kappa shape index (κ2) is 9.84. The average Bonchev–Trinajstić information content (AvgIpc) is 3.53. The van der Waals surface area contributed by atoms with Gasteiger partial charge in [-0.15, -0.1) is 0 Å². The highest BCUT2D eigenvalue weighted by atomic mass is 32.1. The zero-order valence-electron chi connectivity index (χ0n) is 21.5. The van der Waals surface area contributed by atoms with Gasteiger partial charge in [0, 0.05) is 17.7 Å². The summed E-state index contributed by atoms with van der Waals surface area (Å²) in [5, 5.41) is 2.86. The summed E-state index contributed by atoms with van der Waals surface area (Å²) in [6.45, 7) is 6.99. The van der Waals surface area contributed by atoms with Crippen LogP contribution in [-0.4, -0.2) is 24.7 Å². The zero-order chi connectivity index (χ0) is 26.2. The Hall–Kier alpha value is -4.36. The van der Waals surface area contributed by atoms with Crippen LogP contribution >= 0.6 is 12.2 Å². The average molecular weight is 518 g/mol. The molecule has 3 aromatic heterocycles. The van der Waals surface area contributed by atoms with Crippen molar-refractivity contribution in [1.29, 1.82) is 0 Å². The molecule has 0 amide bonds. The Labute approximate surface area is 226 Å². The number of nitrogens with one attached hydrogen (secondary N) is 1. The van der Waals surface area contributed by atoms with Gasteiger partial charge in [0.1, 0.15) is 11.3 Å². The number of hydrogen-bond donors (Lipinski definition) is 1. The fourth-order valence-electron chi connectivity index (χ4n) is 5.00. The Bertz CT molecular complexity index is 1810. The predicted octanol–water partition coefficient (Wildman–Crippen LogP) is 7.71. The number of imidazole rings is 1. The summed E-state index contributed by atoms with van der Waals surface area (Å²) in [4.78, 5) is 14.3. The Morgan fingerprint density at radius 2 is 1.58 bits per heavy atom. The van der Waals surface area contributed by atoms with Crippen LogP contribution in [-0.2, 0) is 13.0 Å². The highest BCUT2D eigenvalue weighted by molar-refractivity contribution is 7.71. The van der Waals surface area contributed by atoms with E-state index in [1.54, 1.807) is 0 Å². The molecular weight excluding hydrogens is 490 g/mol. The monoisotopic (exact) mass is 517 g/mol. The predicted molar refractivity (Wildman–Crippen MR) is 153 cm³/mol. The van der Waals surface area contributed by atoms with E-state index in [1.807, 2.05) is 13.0 Å². The maximum absolute atomic E-state index is 5.24. The summed E-state index contributed by atoms with van der Waals surface area (Å²) in [5.74, 6) is 1.66. The molecule has 0 spiro atoms. The van der Waals surface area contributed by atoms with Crippen LogP contribution in [0.4, 0.5) is 0 Å². The lowest BCUT2D eigenvalue weighted by Gasteiger charge is -2.13. The number of pyridine rings is 1. The van der Waals surface area contributed by atoms with Gasteiger partial charge in [-0.25, -0.2) is 15.1 Å². The smallest absolute Gasteiger partial charge is 0.314 e. The van der Waals surface area contributed by atoms with Crippen molar-refractivity contribution in [2.75, 3.05) is 0 Å². The van der Waals surface area contributed by atoms with Crippen molar-refractivity contribution >= 4 is 23.4 Å². The lowest BCUT2D eigenvalue weighted by Crippen LogP contribution is -2.05. The lowest BCUT2D eigenvalue weighted by molar-refractivity contribution is 0.406. The van der Waals surface area contributed by atoms with Crippen molar-refractivity contribution in [1.82, 2.24) is 24.7 Å². The Morgan fingerprint density at radius 1 is 0.816 bits per heavy atom. The number of aromatic amines is 1. The van der Waals surface area contributed by atoms with Gasteiger partial charge in [0.2, 0.25) is 0 Å². The Morgan fingerprint density at radius 3 is 2.29 bits per heavy atom. The minimum atomic E-state index is 0.187. The number of hydrogen-bond acceptors (Lipinski definition) is 5. The molecule has 0 saturated heterocycles. The molecule has 0 aliphatic carbocycles. The molecule has 0 aliphatic rings. The molecule has 188 valence electrons. The first-order valence-corrected chi connectivity index (χ1v) is 13.1. The molecule has 6 nitrogen and oxygen atoms in total. The molecule has 0 unspecified atom stereocenters. The minimum Gasteiger partial charge on any atom is -0.348 e. The van der Waals surface area contributed by atoms with Crippen LogP contribution < -0.4 is 0 Å². The molecule has 0 saturated carbocycles. The third-order valence-corrected chi connectivity index (χ3v) is 7.02. The second-order valence-corrected chi connectivity index (χ2v) is 9.82. The van der Waals surface area contributed by atoms with Gasteiger partial charge in [-0.1, -0.05) is 67.6 Å². The molecular formula is C31H27N5OS. The molecule has 6 rings (SSSR count). The second-order valence-electron chi connectivity index (χ2n) is 9.47.